The third kappa shape index (κ3) is 4.93. The van der Waals surface area contributed by atoms with Crippen molar-refractivity contribution in [3.63, 3.8) is 0 Å². The van der Waals surface area contributed by atoms with Gasteiger partial charge < -0.3 is 5.32 Å². The molecule has 1 heterocycles. The Bertz CT molecular complexity index is 1520. The molecule has 0 saturated heterocycles. The fourth-order valence-corrected chi connectivity index (χ4v) is 5.47. The summed E-state index contributed by atoms with van der Waals surface area (Å²) in [7, 11) is -4.16. The summed E-state index contributed by atoms with van der Waals surface area (Å²) in [6, 6.07) is 20.3. The van der Waals surface area contributed by atoms with E-state index in [1.807, 2.05) is 19.9 Å². The van der Waals surface area contributed by atoms with E-state index < -0.39 is 22.5 Å². The number of pyridine rings is 1. The van der Waals surface area contributed by atoms with E-state index in [1.54, 1.807) is 66.9 Å². The Kier molecular flexibility index (Phi) is 6.66. The predicted octanol–water partition coefficient (Wildman–Crippen LogP) is 4.89. The zero-order valence-corrected chi connectivity index (χ0v) is 20.5. The van der Waals surface area contributed by atoms with Crippen LogP contribution in [-0.2, 0) is 14.8 Å². The van der Waals surface area contributed by atoms with Gasteiger partial charge >= 0.3 is 0 Å². The number of para-hydroxylation sites is 1. The molecule has 1 aromatic heterocycles. The van der Waals surface area contributed by atoms with Gasteiger partial charge in [-0.1, -0.05) is 30.3 Å². The number of carbonyl (C=O) groups excluding carboxylic acids is 2. The van der Waals surface area contributed by atoms with Gasteiger partial charge in [0.15, 0.2) is 5.78 Å². The molecule has 0 radical (unpaired) electrons. The third-order valence-electron chi connectivity index (χ3n) is 5.87. The number of fused-ring (bicyclic) bond motifs is 1. The van der Waals surface area contributed by atoms with Gasteiger partial charge in [0.05, 0.1) is 11.2 Å². The van der Waals surface area contributed by atoms with Gasteiger partial charge in [0.2, 0.25) is 5.91 Å². The van der Waals surface area contributed by atoms with Crippen LogP contribution in [0.3, 0.4) is 0 Å². The van der Waals surface area contributed by atoms with E-state index in [0.717, 1.165) is 15.4 Å². The van der Waals surface area contributed by atoms with Crippen molar-refractivity contribution in [2.45, 2.75) is 25.7 Å². The van der Waals surface area contributed by atoms with E-state index >= 15 is 0 Å². The summed E-state index contributed by atoms with van der Waals surface area (Å²) in [6.45, 7) is 4.74. The average Bonchev–Trinajstić information content (AvgIpc) is 2.84. The number of rotatable bonds is 7. The minimum absolute atomic E-state index is 0.0233. The summed E-state index contributed by atoms with van der Waals surface area (Å²) >= 11 is 0. The van der Waals surface area contributed by atoms with Crippen LogP contribution >= 0.6 is 0 Å². The van der Waals surface area contributed by atoms with Crippen LogP contribution in [0.25, 0.3) is 10.9 Å². The molecule has 7 nitrogen and oxygen atoms in total. The van der Waals surface area contributed by atoms with Crippen molar-refractivity contribution in [3.05, 3.63) is 95.7 Å². The van der Waals surface area contributed by atoms with Crippen LogP contribution in [0.1, 0.15) is 28.4 Å². The van der Waals surface area contributed by atoms with Crippen molar-refractivity contribution in [2.24, 2.45) is 0 Å². The normalized spacial score (nSPS) is 11.3. The molecule has 0 unspecified atom stereocenters. The van der Waals surface area contributed by atoms with Crippen LogP contribution < -0.4 is 9.62 Å². The molecule has 0 bridgehead atoms. The lowest BCUT2D eigenvalue weighted by atomic mass is 10.1. The molecule has 3 aromatic carbocycles. The Hall–Kier alpha value is -4.04. The molecule has 0 aliphatic heterocycles. The van der Waals surface area contributed by atoms with Crippen LogP contribution in [0, 0.1) is 13.8 Å². The van der Waals surface area contributed by atoms with Crippen molar-refractivity contribution in [1.82, 2.24) is 4.98 Å². The highest BCUT2D eigenvalue weighted by atomic mass is 32.2. The quantitative estimate of drug-likeness (QED) is 0.375. The maximum Gasteiger partial charge on any atom is 0.266 e. The number of aromatic nitrogens is 1. The molecule has 0 aliphatic rings. The number of carbonyl (C=O) groups is 2. The summed E-state index contributed by atoms with van der Waals surface area (Å²) in [5.41, 5.74) is 3.39. The van der Waals surface area contributed by atoms with E-state index in [1.165, 1.54) is 13.0 Å². The first kappa shape index (κ1) is 24.1. The SMILES string of the molecule is CC(=O)c1ccc(NC(=O)CN(c2cccc(C)c2C)S(=O)(=O)c2cccc3cccnc23)cc1. The number of aryl methyl sites for hydroxylation is 1. The summed E-state index contributed by atoms with van der Waals surface area (Å²) in [5.74, 6) is -0.600. The zero-order chi connectivity index (χ0) is 25.2. The largest absolute Gasteiger partial charge is 0.325 e. The van der Waals surface area contributed by atoms with Gasteiger partial charge in [-0.25, -0.2) is 8.42 Å². The first-order valence-corrected chi connectivity index (χ1v) is 12.5. The second-order valence-electron chi connectivity index (χ2n) is 8.24. The van der Waals surface area contributed by atoms with Gasteiger partial charge in [-0.3, -0.25) is 18.9 Å². The first-order valence-electron chi connectivity index (χ1n) is 11.0. The molecule has 0 saturated carbocycles. The number of anilines is 2. The van der Waals surface area contributed by atoms with Crippen LogP contribution in [0.5, 0.6) is 0 Å². The van der Waals surface area contributed by atoms with Gasteiger partial charge in [0.1, 0.15) is 11.4 Å². The Labute approximate surface area is 204 Å². The van der Waals surface area contributed by atoms with Crippen molar-refractivity contribution < 1.29 is 18.0 Å². The smallest absolute Gasteiger partial charge is 0.266 e. The van der Waals surface area contributed by atoms with Crippen molar-refractivity contribution in [3.8, 4) is 0 Å². The van der Waals surface area contributed by atoms with Gasteiger partial charge in [-0.15, -0.1) is 0 Å². The summed E-state index contributed by atoms with van der Waals surface area (Å²) in [5, 5.41) is 3.42. The highest BCUT2D eigenvalue weighted by Crippen LogP contribution is 2.31. The summed E-state index contributed by atoms with van der Waals surface area (Å²) < 4.78 is 29.1. The van der Waals surface area contributed by atoms with Crippen molar-refractivity contribution in [2.75, 3.05) is 16.2 Å². The van der Waals surface area contributed by atoms with Crippen molar-refractivity contribution >= 4 is 44.0 Å². The minimum Gasteiger partial charge on any atom is -0.325 e. The second-order valence-corrected chi connectivity index (χ2v) is 10.1. The summed E-state index contributed by atoms with van der Waals surface area (Å²) in [4.78, 5) is 28.9. The lowest BCUT2D eigenvalue weighted by Crippen LogP contribution is -2.38. The van der Waals surface area contributed by atoms with Crippen molar-refractivity contribution in [1.29, 1.82) is 0 Å². The number of nitrogens with one attached hydrogen (secondary N) is 1. The number of hydrogen-bond donors (Lipinski definition) is 1. The lowest BCUT2D eigenvalue weighted by molar-refractivity contribution is -0.114. The molecule has 8 heteroatoms. The van der Waals surface area contributed by atoms with Crippen LogP contribution in [0.4, 0.5) is 11.4 Å². The molecular weight excluding hydrogens is 462 g/mol. The van der Waals surface area contributed by atoms with E-state index in [0.29, 0.717) is 27.8 Å². The highest BCUT2D eigenvalue weighted by Gasteiger charge is 2.30. The molecular formula is C27H25N3O4S. The predicted molar refractivity (Wildman–Crippen MR) is 137 cm³/mol. The number of nitrogens with zero attached hydrogens (tertiary/aromatic N) is 2. The number of amides is 1. The molecule has 35 heavy (non-hydrogen) atoms. The van der Waals surface area contributed by atoms with Crippen LogP contribution in [-0.4, -0.2) is 31.6 Å². The summed E-state index contributed by atoms with van der Waals surface area (Å²) in [6.07, 6.45) is 1.54. The maximum atomic E-state index is 14.0. The molecule has 178 valence electrons. The molecule has 4 aromatic rings. The van der Waals surface area contributed by atoms with Gasteiger partial charge in [0, 0.05) is 22.8 Å². The minimum atomic E-state index is -4.16. The lowest BCUT2D eigenvalue weighted by Gasteiger charge is -2.26. The van der Waals surface area contributed by atoms with Gasteiger partial charge in [0.25, 0.3) is 10.0 Å². The highest BCUT2D eigenvalue weighted by molar-refractivity contribution is 7.93. The Morgan fingerprint density at radius 2 is 1.60 bits per heavy atom. The number of Topliss-reactive ketones (excluding diaryl/α,β-unsaturated/α-hetero) is 1. The topological polar surface area (TPSA) is 96.4 Å². The molecule has 0 spiro atoms. The molecule has 1 N–H and O–H groups in total. The Morgan fingerprint density at radius 3 is 2.31 bits per heavy atom. The van der Waals surface area contributed by atoms with Crippen LogP contribution in [0.15, 0.2) is 83.9 Å². The van der Waals surface area contributed by atoms with Gasteiger partial charge in [-0.2, -0.15) is 0 Å². The zero-order valence-electron chi connectivity index (χ0n) is 19.6. The number of benzene rings is 3. The first-order chi connectivity index (χ1) is 16.7. The Morgan fingerprint density at radius 1 is 0.914 bits per heavy atom. The van der Waals surface area contributed by atoms with E-state index in [4.69, 9.17) is 0 Å². The molecule has 0 fully saturated rings. The maximum absolute atomic E-state index is 14.0. The fraction of sp³-hybridized carbons (Fsp3) is 0.148. The van der Waals surface area contributed by atoms with Gasteiger partial charge in [-0.05, 0) is 74.4 Å². The molecule has 0 aliphatic carbocycles. The number of hydrogen-bond acceptors (Lipinski definition) is 5. The van der Waals surface area contributed by atoms with Crippen LogP contribution in [0.2, 0.25) is 0 Å². The molecule has 1 amide bonds. The average molecular weight is 488 g/mol. The molecule has 4 rings (SSSR count). The van der Waals surface area contributed by atoms with E-state index in [9.17, 15) is 18.0 Å². The second kappa shape index (κ2) is 9.68. The third-order valence-corrected chi connectivity index (χ3v) is 7.66. The number of ketones is 1. The number of sulfonamides is 1. The fourth-order valence-electron chi connectivity index (χ4n) is 3.83. The standard InChI is InChI=1S/C27H25N3O4S/c1-18-7-4-10-24(19(18)2)30(17-26(32)29-23-14-12-21(13-15-23)20(3)31)35(33,34)25-11-5-8-22-9-6-16-28-27(22)25/h4-16H,17H2,1-3H3,(H,29,32). The molecule has 0 atom stereocenters. The monoisotopic (exact) mass is 487 g/mol. The Balaban J connectivity index is 1.75. The van der Waals surface area contributed by atoms with E-state index in [2.05, 4.69) is 10.3 Å². The van der Waals surface area contributed by atoms with E-state index in [-0.39, 0.29) is 10.7 Å².